The highest BCUT2D eigenvalue weighted by molar-refractivity contribution is 5.99. The first kappa shape index (κ1) is 13.6. The number of phenolic OH excluding ortho intramolecular Hbond substituents is 3. The number of hydrogen-bond donors (Lipinski definition) is 4. The Morgan fingerprint density at radius 1 is 1.00 bits per heavy atom. The molecule has 5 nitrogen and oxygen atoms in total. The van der Waals surface area contributed by atoms with Crippen molar-refractivity contribution in [2.75, 3.05) is 0 Å². The number of hydrogen-bond acceptors (Lipinski definition) is 4. The molecule has 0 saturated heterocycles. The van der Waals surface area contributed by atoms with Crippen molar-refractivity contribution in [1.82, 2.24) is 0 Å². The van der Waals surface area contributed by atoms with Gasteiger partial charge in [-0.25, -0.2) is 13.6 Å². The van der Waals surface area contributed by atoms with E-state index in [4.69, 9.17) is 5.11 Å². The fourth-order valence-electron chi connectivity index (χ4n) is 1.78. The van der Waals surface area contributed by atoms with Crippen LogP contribution in [0.4, 0.5) is 8.78 Å². The van der Waals surface area contributed by atoms with Gasteiger partial charge in [-0.2, -0.15) is 0 Å². The lowest BCUT2D eigenvalue weighted by Gasteiger charge is -2.12. The molecule has 0 saturated carbocycles. The predicted octanol–water partition coefficient (Wildman–Crippen LogP) is 2.45. The zero-order valence-electron chi connectivity index (χ0n) is 9.76. The van der Waals surface area contributed by atoms with Crippen molar-refractivity contribution in [3.8, 4) is 28.4 Å². The Morgan fingerprint density at radius 2 is 1.65 bits per heavy atom. The molecular formula is C13H8F2O5. The van der Waals surface area contributed by atoms with Gasteiger partial charge in [0.2, 0.25) is 5.75 Å². The zero-order chi connectivity index (χ0) is 15.0. The minimum atomic E-state index is -1.56. The highest BCUT2D eigenvalue weighted by Gasteiger charge is 2.24. The fourth-order valence-corrected chi connectivity index (χ4v) is 1.78. The number of rotatable bonds is 2. The smallest absolute Gasteiger partial charge is 0.336 e. The molecular weight excluding hydrogens is 274 g/mol. The molecule has 2 aromatic rings. The van der Waals surface area contributed by atoms with E-state index in [1.165, 1.54) is 0 Å². The van der Waals surface area contributed by atoms with Gasteiger partial charge in [0.25, 0.3) is 0 Å². The average Bonchev–Trinajstić information content (AvgIpc) is 2.37. The van der Waals surface area contributed by atoms with Gasteiger partial charge in [-0.1, -0.05) is 0 Å². The summed E-state index contributed by atoms with van der Waals surface area (Å²) in [5.74, 6) is -6.43. The Kier molecular flexibility index (Phi) is 3.19. The molecule has 0 unspecified atom stereocenters. The number of aromatic hydroxyl groups is 3. The summed E-state index contributed by atoms with van der Waals surface area (Å²) in [6.45, 7) is 0. The van der Waals surface area contributed by atoms with Gasteiger partial charge in [-0.15, -0.1) is 0 Å². The van der Waals surface area contributed by atoms with Crippen molar-refractivity contribution in [2.24, 2.45) is 0 Å². The van der Waals surface area contributed by atoms with E-state index in [-0.39, 0.29) is 0 Å². The summed E-state index contributed by atoms with van der Waals surface area (Å²) >= 11 is 0. The minimum absolute atomic E-state index is 0.420. The van der Waals surface area contributed by atoms with Crippen LogP contribution in [-0.4, -0.2) is 26.4 Å². The maximum atomic E-state index is 13.7. The standard InChI is InChI=1S/C13H8F2O5/c14-5-1-2-6(8(15)3-5)10-7(13(19)20)4-9(16)11(17)12(10)18/h1-4,16-18H,(H,19,20). The lowest BCUT2D eigenvalue weighted by Crippen LogP contribution is -2.01. The third kappa shape index (κ3) is 2.09. The number of benzene rings is 2. The molecule has 20 heavy (non-hydrogen) atoms. The van der Waals surface area contributed by atoms with E-state index in [9.17, 15) is 28.9 Å². The zero-order valence-corrected chi connectivity index (χ0v) is 9.76. The molecule has 4 N–H and O–H groups in total. The van der Waals surface area contributed by atoms with Gasteiger partial charge in [-0.3, -0.25) is 0 Å². The molecule has 0 atom stereocenters. The highest BCUT2D eigenvalue weighted by Crippen LogP contribution is 2.45. The molecule has 0 heterocycles. The van der Waals surface area contributed by atoms with Crippen LogP contribution in [0.15, 0.2) is 24.3 Å². The summed E-state index contributed by atoms with van der Waals surface area (Å²) in [5, 5.41) is 37.4. The van der Waals surface area contributed by atoms with Gasteiger partial charge in [-0.05, 0) is 18.2 Å². The largest absolute Gasteiger partial charge is 0.504 e. The Bertz CT molecular complexity index is 712. The second-order valence-corrected chi connectivity index (χ2v) is 3.94. The topological polar surface area (TPSA) is 98.0 Å². The molecule has 0 aliphatic carbocycles. The van der Waals surface area contributed by atoms with Gasteiger partial charge in [0.1, 0.15) is 11.6 Å². The van der Waals surface area contributed by atoms with Crippen LogP contribution in [0.3, 0.4) is 0 Å². The second-order valence-electron chi connectivity index (χ2n) is 3.94. The first-order chi connectivity index (χ1) is 9.32. The van der Waals surface area contributed by atoms with Gasteiger partial charge in [0.15, 0.2) is 11.5 Å². The van der Waals surface area contributed by atoms with E-state index >= 15 is 0 Å². The van der Waals surface area contributed by atoms with Gasteiger partial charge in [0.05, 0.1) is 5.56 Å². The average molecular weight is 282 g/mol. The molecule has 0 bridgehead atoms. The lowest BCUT2D eigenvalue weighted by atomic mass is 9.97. The van der Waals surface area contributed by atoms with E-state index < -0.39 is 51.5 Å². The first-order valence-corrected chi connectivity index (χ1v) is 5.29. The summed E-state index contributed by atoms with van der Waals surface area (Å²) in [7, 11) is 0. The molecule has 104 valence electrons. The fraction of sp³-hybridized carbons (Fsp3) is 0. The molecule has 0 spiro atoms. The van der Waals surface area contributed by atoms with Crippen molar-refractivity contribution >= 4 is 5.97 Å². The number of carbonyl (C=O) groups is 1. The first-order valence-electron chi connectivity index (χ1n) is 5.29. The summed E-state index contributed by atoms with van der Waals surface area (Å²) in [4.78, 5) is 11.1. The summed E-state index contributed by atoms with van der Waals surface area (Å²) in [5.41, 5.74) is -1.61. The molecule has 2 rings (SSSR count). The molecule has 0 aliphatic rings. The Morgan fingerprint density at radius 3 is 2.20 bits per heavy atom. The minimum Gasteiger partial charge on any atom is -0.504 e. The number of carboxylic acids is 1. The SMILES string of the molecule is O=C(O)c1cc(O)c(O)c(O)c1-c1ccc(F)cc1F. The molecule has 0 aliphatic heterocycles. The number of halogens is 2. The third-order valence-electron chi connectivity index (χ3n) is 2.68. The van der Waals surface area contributed by atoms with Gasteiger partial charge in [0, 0.05) is 17.2 Å². The van der Waals surface area contributed by atoms with Crippen LogP contribution < -0.4 is 0 Å². The third-order valence-corrected chi connectivity index (χ3v) is 2.68. The van der Waals surface area contributed by atoms with Crippen molar-refractivity contribution in [3.05, 3.63) is 41.5 Å². The van der Waals surface area contributed by atoms with Gasteiger partial charge >= 0.3 is 5.97 Å². The number of aromatic carboxylic acids is 1. The summed E-state index contributed by atoms with van der Waals surface area (Å²) < 4.78 is 26.6. The van der Waals surface area contributed by atoms with Crippen LogP contribution in [0.25, 0.3) is 11.1 Å². The maximum Gasteiger partial charge on any atom is 0.336 e. The number of phenols is 3. The van der Waals surface area contributed by atoms with Crippen molar-refractivity contribution < 1.29 is 34.0 Å². The Labute approximate surface area is 111 Å². The Hall–Kier alpha value is -2.83. The van der Waals surface area contributed by atoms with E-state index in [1.54, 1.807) is 0 Å². The van der Waals surface area contributed by atoms with Crippen LogP contribution in [-0.2, 0) is 0 Å². The maximum absolute atomic E-state index is 13.7. The lowest BCUT2D eigenvalue weighted by molar-refractivity contribution is 0.0696. The van der Waals surface area contributed by atoms with Gasteiger partial charge < -0.3 is 20.4 Å². The van der Waals surface area contributed by atoms with Crippen LogP contribution in [0.2, 0.25) is 0 Å². The normalized spacial score (nSPS) is 10.5. The quantitative estimate of drug-likeness (QED) is 0.634. The van der Waals surface area contributed by atoms with Crippen LogP contribution in [0.5, 0.6) is 17.2 Å². The van der Waals surface area contributed by atoms with E-state index in [2.05, 4.69) is 0 Å². The molecule has 7 heteroatoms. The molecule has 0 amide bonds. The summed E-state index contributed by atoms with van der Waals surface area (Å²) in [6, 6.07) is 2.95. The van der Waals surface area contributed by atoms with E-state index in [0.717, 1.165) is 12.1 Å². The van der Waals surface area contributed by atoms with E-state index in [0.29, 0.717) is 12.1 Å². The Balaban J connectivity index is 2.85. The molecule has 2 aromatic carbocycles. The van der Waals surface area contributed by atoms with E-state index in [1.807, 2.05) is 0 Å². The highest BCUT2D eigenvalue weighted by atomic mass is 19.1. The molecule has 0 radical (unpaired) electrons. The molecule has 0 fully saturated rings. The van der Waals surface area contributed by atoms with Crippen molar-refractivity contribution in [3.63, 3.8) is 0 Å². The number of carboxylic acid groups (broad SMARTS) is 1. The summed E-state index contributed by atoms with van der Waals surface area (Å²) in [6.07, 6.45) is 0. The van der Waals surface area contributed by atoms with Crippen molar-refractivity contribution in [2.45, 2.75) is 0 Å². The van der Waals surface area contributed by atoms with Crippen LogP contribution >= 0.6 is 0 Å². The second kappa shape index (κ2) is 4.69. The predicted molar refractivity (Wildman–Crippen MR) is 63.7 cm³/mol. The molecule has 0 aromatic heterocycles. The monoisotopic (exact) mass is 282 g/mol. The van der Waals surface area contributed by atoms with Crippen LogP contribution in [0, 0.1) is 11.6 Å². The van der Waals surface area contributed by atoms with Crippen LogP contribution in [0.1, 0.15) is 10.4 Å². The van der Waals surface area contributed by atoms with Crippen molar-refractivity contribution in [1.29, 1.82) is 0 Å².